The first kappa shape index (κ1) is 13.9. The molecule has 0 amide bonds. The number of nitrogens with one attached hydrogen (secondary N) is 1. The maximum atomic E-state index is 11.6. The summed E-state index contributed by atoms with van der Waals surface area (Å²) < 4.78 is 0. The van der Waals surface area contributed by atoms with Crippen LogP contribution in [-0.2, 0) is 4.79 Å². The van der Waals surface area contributed by atoms with E-state index in [0.29, 0.717) is 18.1 Å². The molecule has 14 heavy (non-hydrogen) atoms. The molecule has 0 aromatic rings. The fraction of sp³-hybridized carbons (Fsp3) is 0.909. The summed E-state index contributed by atoms with van der Waals surface area (Å²) in [5, 5.41) is 3.01. The molecule has 0 unspecified atom stereocenters. The average Bonchev–Trinajstić information content (AvgIpc) is 2.20. The van der Waals surface area contributed by atoms with Gasteiger partial charge in [-0.15, -0.1) is 11.6 Å². The van der Waals surface area contributed by atoms with E-state index in [1.165, 1.54) is 19.3 Å². The maximum Gasteiger partial charge on any atom is 0.149 e. The third-order valence-electron chi connectivity index (χ3n) is 2.41. The zero-order valence-electron chi connectivity index (χ0n) is 9.31. The molecule has 0 aliphatic rings. The van der Waals surface area contributed by atoms with Crippen molar-refractivity contribution in [3.63, 3.8) is 0 Å². The van der Waals surface area contributed by atoms with Gasteiger partial charge in [0.2, 0.25) is 0 Å². The molecular weight excluding hydrogens is 198 g/mol. The monoisotopic (exact) mass is 219 g/mol. The van der Waals surface area contributed by atoms with E-state index in [0.717, 1.165) is 12.8 Å². The van der Waals surface area contributed by atoms with Crippen LogP contribution in [0.3, 0.4) is 0 Å². The molecule has 0 aromatic heterocycles. The minimum atomic E-state index is -0.0332. The zero-order chi connectivity index (χ0) is 10.8. The Morgan fingerprint density at radius 3 is 2.57 bits per heavy atom. The van der Waals surface area contributed by atoms with Gasteiger partial charge in [-0.05, 0) is 19.9 Å². The van der Waals surface area contributed by atoms with Crippen molar-refractivity contribution in [1.29, 1.82) is 0 Å². The first-order chi connectivity index (χ1) is 6.76. The number of halogens is 1. The Kier molecular flexibility index (Phi) is 9.42. The van der Waals surface area contributed by atoms with Gasteiger partial charge in [-0.25, -0.2) is 0 Å². The predicted octanol–water partition coefficient (Wildman–Crippen LogP) is 2.74. The van der Waals surface area contributed by atoms with Crippen LogP contribution in [0, 0.1) is 0 Å². The average molecular weight is 220 g/mol. The van der Waals surface area contributed by atoms with Crippen molar-refractivity contribution < 1.29 is 4.79 Å². The number of hydrogen-bond donors (Lipinski definition) is 1. The summed E-state index contributed by atoms with van der Waals surface area (Å²) in [5.41, 5.74) is 0. The molecule has 84 valence electrons. The molecule has 0 bridgehead atoms. The molecular formula is C11H22ClNO. The number of Topliss-reactive ketones (excluding diaryl/α,β-unsaturated/α-hetero) is 1. The number of ketones is 1. The van der Waals surface area contributed by atoms with Crippen molar-refractivity contribution in [2.45, 2.75) is 51.5 Å². The minimum Gasteiger partial charge on any atom is -0.311 e. The van der Waals surface area contributed by atoms with Gasteiger partial charge in [-0.2, -0.15) is 0 Å². The summed E-state index contributed by atoms with van der Waals surface area (Å²) >= 11 is 5.61. The lowest BCUT2D eigenvalue weighted by Crippen LogP contribution is -2.34. The Hall–Kier alpha value is -0.0800. The van der Waals surface area contributed by atoms with Crippen molar-refractivity contribution in [3.05, 3.63) is 0 Å². The van der Waals surface area contributed by atoms with Gasteiger partial charge in [0.25, 0.3) is 0 Å². The highest BCUT2D eigenvalue weighted by Crippen LogP contribution is 2.06. The van der Waals surface area contributed by atoms with Crippen molar-refractivity contribution in [2.24, 2.45) is 0 Å². The summed E-state index contributed by atoms with van der Waals surface area (Å²) in [6.07, 6.45) is 6.07. The largest absolute Gasteiger partial charge is 0.311 e. The normalized spacial score (nSPS) is 12.8. The topological polar surface area (TPSA) is 29.1 Å². The van der Waals surface area contributed by atoms with Gasteiger partial charge in [0.15, 0.2) is 0 Å². The number of carbonyl (C=O) groups excluding carboxylic acids is 1. The molecule has 0 saturated carbocycles. The third-order valence-corrected chi connectivity index (χ3v) is 2.63. The summed E-state index contributed by atoms with van der Waals surface area (Å²) in [4.78, 5) is 11.6. The third kappa shape index (κ3) is 6.39. The van der Waals surface area contributed by atoms with E-state index < -0.39 is 0 Å². The lowest BCUT2D eigenvalue weighted by molar-refractivity contribution is -0.121. The Balaban J connectivity index is 3.58. The predicted molar refractivity (Wildman–Crippen MR) is 62.0 cm³/mol. The van der Waals surface area contributed by atoms with Crippen LogP contribution in [0.25, 0.3) is 0 Å². The highest BCUT2D eigenvalue weighted by Gasteiger charge is 2.14. The summed E-state index contributed by atoms with van der Waals surface area (Å²) in [6.45, 7) is 2.17. The van der Waals surface area contributed by atoms with Gasteiger partial charge in [0.1, 0.15) is 5.78 Å². The first-order valence-electron chi connectivity index (χ1n) is 5.52. The van der Waals surface area contributed by atoms with E-state index in [9.17, 15) is 4.79 Å². The van der Waals surface area contributed by atoms with Gasteiger partial charge < -0.3 is 5.32 Å². The molecule has 0 rings (SSSR count). The van der Waals surface area contributed by atoms with Crippen LogP contribution in [0.5, 0.6) is 0 Å². The number of alkyl halides is 1. The lowest BCUT2D eigenvalue weighted by Gasteiger charge is -2.12. The Bertz CT molecular complexity index is 150. The van der Waals surface area contributed by atoms with E-state index >= 15 is 0 Å². The Morgan fingerprint density at radius 2 is 2.07 bits per heavy atom. The smallest absolute Gasteiger partial charge is 0.149 e. The second-order valence-corrected chi connectivity index (χ2v) is 3.97. The van der Waals surface area contributed by atoms with Gasteiger partial charge in [-0.3, -0.25) is 4.79 Å². The molecule has 0 radical (unpaired) electrons. The SMILES string of the molecule is CCCCCCC(=O)[C@H](CCCl)NC. The molecule has 1 N–H and O–H groups in total. The summed E-state index contributed by atoms with van der Waals surface area (Å²) in [6, 6.07) is -0.0332. The van der Waals surface area contributed by atoms with Crippen molar-refractivity contribution in [3.8, 4) is 0 Å². The molecule has 1 atom stereocenters. The quantitative estimate of drug-likeness (QED) is 0.477. The van der Waals surface area contributed by atoms with Crippen LogP contribution in [-0.4, -0.2) is 24.8 Å². The summed E-state index contributed by atoms with van der Waals surface area (Å²) in [7, 11) is 1.82. The number of hydrogen-bond acceptors (Lipinski definition) is 2. The minimum absolute atomic E-state index is 0.0332. The second-order valence-electron chi connectivity index (χ2n) is 3.60. The number of carbonyl (C=O) groups is 1. The van der Waals surface area contributed by atoms with Gasteiger partial charge in [-0.1, -0.05) is 26.2 Å². The molecule has 0 spiro atoms. The lowest BCUT2D eigenvalue weighted by atomic mass is 10.0. The van der Waals surface area contributed by atoms with Crippen molar-refractivity contribution in [1.82, 2.24) is 5.32 Å². The highest BCUT2D eigenvalue weighted by atomic mass is 35.5. The van der Waals surface area contributed by atoms with E-state index in [-0.39, 0.29) is 6.04 Å². The Morgan fingerprint density at radius 1 is 1.36 bits per heavy atom. The second kappa shape index (κ2) is 9.47. The number of likely N-dealkylation sites (N-methyl/N-ethyl adjacent to an activating group) is 1. The summed E-state index contributed by atoms with van der Waals surface area (Å²) in [5.74, 6) is 0.857. The zero-order valence-corrected chi connectivity index (χ0v) is 10.1. The van der Waals surface area contributed by atoms with Crippen LogP contribution >= 0.6 is 11.6 Å². The molecule has 2 nitrogen and oxygen atoms in total. The molecule has 0 heterocycles. The standard InChI is InChI=1S/C11H22ClNO/c1-3-4-5-6-7-11(14)10(13-2)8-9-12/h10,13H,3-9H2,1-2H3/t10-/m0/s1. The van der Waals surface area contributed by atoms with E-state index in [1.807, 2.05) is 7.05 Å². The van der Waals surface area contributed by atoms with Crippen LogP contribution in [0.4, 0.5) is 0 Å². The highest BCUT2D eigenvalue weighted by molar-refractivity contribution is 6.18. The first-order valence-corrected chi connectivity index (χ1v) is 6.05. The van der Waals surface area contributed by atoms with Crippen LogP contribution in [0.2, 0.25) is 0 Å². The van der Waals surface area contributed by atoms with E-state index in [4.69, 9.17) is 11.6 Å². The molecule has 0 aliphatic heterocycles. The van der Waals surface area contributed by atoms with Gasteiger partial charge in [0.05, 0.1) is 6.04 Å². The molecule has 0 fully saturated rings. The molecule has 3 heteroatoms. The fourth-order valence-electron chi connectivity index (χ4n) is 1.48. The maximum absolute atomic E-state index is 11.6. The van der Waals surface area contributed by atoms with Crippen LogP contribution in [0.1, 0.15) is 45.4 Å². The number of rotatable bonds is 9. The molecule has 0 aromatic carbocycles. The van der Waals surface area contributed by atoms with E-state index in [2.05, 4.69) is 12.2 Å². The Labute approximate surface area is 92.4 Å². The fourth-order valence-corrected chi connectivity index (χ4v) is 1.69. The van der Waals surface area contributed by atoms with Crippen LogP contribution < -0.4 is 5.32 Å². The molecule has 0 saturated heterocycles. The van der Waals surface area contributed by atoms with E-state index in [1.54, 1.807) is 0 Å². The van der Waals surface area contributed by atoms with Crippen molar-refractivity contribution in [2.75, 3.05) is 12.9 Å². The number of unbranched alkanes of at least 4 members (excludes halogenated alkanes) is 3. The molecule has 0 aliphatic carbocycles. The van der Waals surface area contributed by atoms with Crippen LogP contribution in [0.15, 0.2) is 0 Å². The van der Waals surface area contributed by atoms with Gasteiger partial charge in [0, 0.05) is 12.3 Å². The van der Waals surface area contributed by atoms with Gasteiger partial charge >= 0.3 is 0 Å². The van der Waals surface area contributed by atoms with Crippen molar-refractivity contribution >= 4 is 17.4 Å².